The quantitative estimate of drug-likeness (QED) is 0.659. The lowest BCUT2D eigenvalue weighted by Gasteiger charge is -2.27. The topological polar surface area (TPSA) is 97.6 Å². The molecule has 0 atom stereocenters. The van der Waals surface area contributed by atoms with Crippen molar-refractivity contribution in [2.24, 2.45) is 0 Å². The maximum absolute atomic E-state index is 12.2. The number of morpholine rings is 1. The maximum atomic E-state index is 12.2. The lowest BCUT2D eigenvalue weighted by molar-refractivity contribution is -0.383. The molecule has 25 heavy (non-hydrogen) atoms. The Morgan fingerprint density at radius 1 is 1.40 bits per heavy atom. The van der Waals surface area contributed by atoms with E-state index in [4.69, 9.17) is 4.74 Å². The van der Waals surface area contributed by atoms with Crippen LogP contribution in [0.25, 0.3) is 10.9 Å². The van der Waals surface area contributed by atoms with Crippen molar-refractivity contribution < 1.29 is 14.5 Å². The van der Waals surface area contributed by atoms with Gasteiger partial charge in [-0.25, -0.2) is 4.98 Å². The van der Waals surface area contributed by atoms with Crippen molar-refractivity contribution in [3.63, 3.8) is 0 Å². The predicted molar refractivity (Wildman–Crippen MR) is 93.6 cm³/mol. The number of nitrogens with one attached hydrogen (secondary N) is 1. The molecule has 1 fully saturated rings. The molecule has 3 rings (SSSR count). The van der Waals surface area contributed by atoms with E-state index >= 15 is 0 Å². The number of anilines is 1. The SMILES string of the molecule is Cc1cc(NCCC(=O)N2CCOCC2)c2cccc([N+](=O)[O-])c2n1. The summed E-state index contributed by atoms with van der Waals surface area (Å²) in [6.45, 7) is 4.66. The monoisotopic (exact) mass is 344 g/mol. The fraction of sp³-hybridized carbons (Fsp3) is 0.412. The van der Waals surface area contributed by atoms with E-state index in [-0.39, 0.29) is 11.6 Å². The van der Waals surface area contributed by atoms with Gasteiger partial charge in [0.2, 0.25) is 5.91 Å². The number of amides is 1. The van der Waals surface area contributed by atoms with Crippen LogP contribution < -0.4 is 5.32 Å². The molecule has 0 spiro atoms. The summed E-state index contributed by atoms with van der Waals surface area (Å²) < 4.78 is 5.24. The van der Waals surface area contributed by atoms with Crippen LogP contribution in [0.4, 0.5) is 11.4 Å². The number of carbonyl (C=O) groups excluding carboxylic acids is 1. The highest BCUT2D eigenvalue weighted by Crippen LogP contribution is 2.29. The van der Waals surface area contributed by atoms with Crippen molar-refractivity contribution in [2.45, 2.75) is 13.3 Å². The minimum Gasteiger partial charge on any atom is -0.384 e. The third kappa shape index (κ3) is 3.85. The van der Waals surface area contributed by atoms with Gasteiger partial charge in [-0.05, 0) is 13.0 Å². The molecule has 0 bridgehead atoms. The van der Waals surface area contributed by atoms with Crippen LogP contribution in [0.1, 0.15) is 12.1 Å². The number of pyridine rings is 1. The summed E-state index contributed by atoms with van der Waals surface area (Å²) in [7, 11) is 0. The number of fused-ring (bicyclic) bond motifs is 1. The van der Waals surface area contributed by atoms with E-state index in [1.54, 1.807) is 24.0 Å². The lowest BCUT2D eigenvalue weighted by Crippen LogP contribution is -2.41. The summed E-state index contributed by atoms with van der Waals surface area (Å²) in [5, 5.41) is 15.1. The highest BCUT2D eigenvalue weighted by molar-refractivity contribution is 5.96. The minimum absolute atomic E-state index is 0.0198. The number of non-ortho nitro benzene ring substituents is 1. The standard InChI is InChI=1S/C17H20N4O4/c1-12-11-14(13-3-2-4-15(21(23)24)17(13)19-12)18-6-5-16(22)20-7-9-25-10-8-20/h2-4,11H,5-10H2,1H3,(H,18,19). The average molecular weight is 344 g/mol. The Hall–Kier alpha value is -2.74. The van der Waals surface area contributed by atoms with Crippen LogP contribution in [0.3, 0.4) is 0 Å². The van der Waals surface area contributed by atoms with E-state index in [1.165, 1.54) is 6.07 Å². The van der Waals surface area contributed by atoms with Gasteiger partial charge in [-0.1, -0.05) is 12.1 Å². The predicted octanol–water partition coefficient (Wildman–Crippen LogP) is 2.11. The number of aryl methyl sites for hydroxylation is 1. The van der Waals surface area contributed by atoms with E-state index in [9.17, 15) is 14.9 Å². The zero-order valence-electron chi connectivity index (χ0n) is 14.0. The molecule has 0 unspecified atom stereocenters. The van der Waals surface area contributed by atoms with Gasteiger partial charge >= 0.3 is 0 Å². The molecule has 1 N–H and O–H groups in total. The number of nitro benzene ring substituents is 1. The molecule has 1 aliphatic rings. The summed E-state index contributed by atoms with van der Waals surface area (Å²) >= 11 is 0. The van der Waals surface area contributed by atoms with Gasteiger partial charge < -0.3 is 15.0 Å². The Morgan fingerprint density at radius 3 is 2.88 bits per heavy atom. The second-order valence-corrected chi connectivity index (χ2v) is 5.91. The molecule has 0 aliphatic carbocycles. The van der Waals surface area contributed by atoms with E-state index in [2.05, 4.69) is 10.3 Å². The number of aromatic nitrogens is 1. The fourth-order valence-electron chi connectivity index (χ4n) is 2.93. The van der Waals surface area contributed by atoms with Crippen LogP contribution in [0.15, 0.2) is 24.3 Å². The van der Waals surface area contributed by atoms with Gasteiger partial charge in [-0.15, -0.1) is 0 Å². The molecule has 8 heteroatoms. The van der Waals surface area contributed by atoms with Crippen LogP contribution in [0.5, 0.6) is 0 Å². The molecule has 1 saturated heterocycles. The average Bonchev–Trinajstić information content (AvgIpc) is 2.61. The van der Waals surface area contributed by atoms with Gasteiger partial charge in [-0.3, -0.25) is 14.9 Å². The second kappa shape index (κ2) is 7.43. The Kier molecular flexibility index (Phi) is 5.08. The first-order chi connectivity index (χ1) is 12.1. The molecule has 1 aliphatic heterocycles. The second-order valence-electron chi connectivity index (χ2n) is 5.91. The van der Waals surface area contributed by atoms with Crippen LogP contribution >= 0.6 is 0 Å². The molecule has 1 aromatic carbocycles. The maximum Gasteiger partial charge on any atom is 0.295 e. The molecule has 2 heterocycles. The van der Waals surface area contributed by atoms with Gasteiger partial charge in [0, 0.05) is 48.9 Å². The highest BCUT2D eigenvalue weighted by atomic mass is 16.6. The normalized spacial score (nSPS) is 14.5. The van der Waals surface area contributed by atoms with Crippen LogP contribution in [-0.4, -0.2) is 53.6 Å². The largest absolute Gasteiger partial charge is 0.384 e. The van der Waals surface area contributed by atoms with Crippen LogP contribution in [0.2, 0.25) is 0 Å². The number of carbonyl (C=O) groups is 1. The fourth-order valence-corrected chi connectivity index (χ4v) is 2.93. The van der Waals surface area contributed by atoms with Crippen molar-refractivity contribution in [1.29, 1.82) is 0 Å². The Morgan fingerprint density at radius 2 is 2.16 bits per heavy atom. The summed E-state index contributed by atoms with van der Waals surface area (Å²) in [6.07, 6.45) is 0.359. The Balaban J connectivity index is 1.74. The van der Waals surface area contributed by atoms with Gasteiger partial charge in [0.1, 0.15) is 0 Å². The van der Waals surface area contributed by atoms with E-state index in [0.717, 1.165) is 5.69 Å². The minimum atomic E-state index is -0.430. The van der Waals surface area contributed by atoms with Gasteiger partial charge in [-0.2, -0.15) is 0 Å². The smallest absolute Gasteiger partial charge is 0.295 e. The van der Waals surface area contributed by atoms with E-state index in [0.29, 0.717) is 55.9 Å². The first-order valence-electron chi connectivity index (χ1n) is 8.20. The number of ether oxygens (including phenoxy) is 1. The van der Waals surface area contributed by atoms with Gasteiger partial charge in [0.15, 0.2) is 5.52 Å². The molecule has 1 amide bonds. The number of hydrogen-bond acceptors (Lipinski definition) is 6. The lowest BCUT2D eigenvalue weighted by atomic mass is 10.1. The number of rotatable bonds is 5. The van der Waals surface area contributed by atoms with Crippen molar-refractivity contribution >= 4 is 28.2 Å². The number of nitro groups is 1. The Bertz CT molecular complexity index is 803. The molecular weight excluding hydrogens is 324 g/mol. The zero-order valence-corrected chi connectivity index (χ0v) is 14.0. The first kappa shape index (κ1) is 17.1. The number of benzene rings is 1. The van der Waals surface area contributed by atoms with Crippen LogP contribution in [-0.2, 0) is 9.53 Å². The van der Waals surface area contributed by atoms with Crippen LogP contribution in [0, 0.1) is 17.0 Å². The van der Waals surface area contributed by atoms with E-state index in [1.807, 2.05) is 6.07 Å². The first-order valence-corrected chi connectivity index (χ1v) is 8.20. The molecule has 8 nitrogen and oxygen atoms in total. The zero-order chi connectivity index (χ0) is 17.8. The summed E-state index contributed by atoms with van der Waals surface area (Å²) in [6, 6.07) is 6.72. The molecule has 0 radical (unpaired) electrons. The van der Waals surface area contributed by atoms with Crippen molar-refractivity contribution in [1.82, 2.24) is 9.88 Å². The molecular formula is C17H20N4O4. The molecule has 0 saturated carbocycles. The third-order valence-corrected chi connectivity index (χ3v) is 4.16. The third-order valence-electron chi connectivity index (χ3n) is 4.16. The van der Waals surface area contributed by atoms with E-state index < -0.39 is 4.92 Å². The summed E-state index contributed by atoms with van der Waals surface area (Å²) in [5.74, 6) is 0.0804. The molecule has 132 valence electrons. The van der Waals surface area contributed by atoms with Crippen molar-refractivity contribution in [3.8, 4) is 0 Å². The van der Waals surface area contributed by atoms with Gasteiger partial charge in [0.25, 0.3) is 5.69 Å². The summed E-state index contributed by atoms with van der Waals surface area (Å²) in [4.78, 5) is 29.1. The van der Waals surface area contributed by atoms with Gasteiger partial charge in [0.05, 0.1) is 18.1 Å². The van der Waals surface area contributed by atoms with Crippen molar-refractivity contribution in [2.75, 3.05) is 38.2 Å². The summed E-state index contributed by atoms with van der Waals surface area (Å²) in [5.41, 5.74) is 1.77. The number of nitrogens with zero attached hydrogens (tertiary/aromatic N) is 3. The number of hydrogen-bond donors (Lipinski definition) is 1. The number of para-hydroxylation sites is 1. The van der Waals surface area contributed by atoms with Crippen molar-refractivity contribution in [3.05, 3.63) is 40.1 Å². The highest BCUT2D eigenvalue weighted by Gasteiger charge is 2.18. The molecule has 1 aromatic heterocycles. The molecule has 2 aromatic rings. The Labute approximate surface area is 144 Å².